The standard InChI is InChI=1S/C42H22N6/c1-43-27-18-16-24(17-19-27)39-40-32(13-8-20-44-40)45-42(46-39)48-35-22-26-10-3-2-9-25(26)21-31(35)37-36(48)23-30-28-11-4-6-14-33(28)47-34-15-7-5-12-29(34)38(37)41(30)47/h2-23H. The summed E-state index contributed by atoms with van der Waals surface area (Å²) in [5, 5.41) is 9.58. The zero-order valence-corrected chi connectivity index (χ0v) is 25.4. The van der Waals surface area contributed by atoms with Gasteiger partial charge in [0.2, 0.25) is 5.95 Å². The van der Waals surface area contributed by atoms with Crippen LogP contribution >= 0.6 is 0 Å². The predicted molar refractivity (Wildman–Crippen MR) is 196 cm³/mol. The van der Waals surface area contributed by atoms with E-state index >= 15 is 0 Å². The first-order valence-electron chi connectivity index (χ1n) is 15.9. The molecule has 220 valence electrons. The number of aromatic nitrogens is 5. The summed E-state index contributed by atoms with van der Waals surface area (Å²) >= 11 is 0. The van der Waals surface area contributed by atoms with Gasteiger partial charge in [-0.3, -0.25) is 9.55 Å². The first-order valence-corrected chi connectivity index (χ1v) is 15.9. The Balaban J connectivity index is 1.38. The number of para-hydroxylation sites is 2. The first kappa shape index (κ1) is 25.4. The average molecular weight is 611 g/mol. The fraction of sp³-hybridized carbons (Fsp3) is 0. The summed E-state index contributed by atoms with van der Waals surface area (Å²) in [6, 6.07) is 44.4. The molecule has 5 heterocycles. The van der Waals surface area contributed by atoms with Crippen LogP contribution in [0.1, 0.15) is 0 Å². The van der Waals surface area contributed by atoms with Gasteiger partial charge in [0, 0.05) is 44.1 Å². The minimum absolute atomic E-state index is 0.580. The fourth-order valence-electron chi connectivity index (χ4n) is 7.86. The minimum Gasteiger partial charge on any atom is -0.308 e. The van der Waals surface area contributed by atoms with Gasteiger partial charge in [0.15, 0.2) is 5.69 Å². The molecule has 5 aromatic heterocycles. The summed E-state index contributed by atoms with van der Waals surface area (Å²) in [6.07, 6.45) is 1.78. The van der Waals surface area contributed by atoms with E-state index < -0.39 is 0 Å². The van der Waals surface area contributed by atoms with Crippen molar-refractivity contribution in [2.24, 2.45) is 0 Å². The molecule has 0 saturated carbocycles. The maximum atomic E-state index is 7.45. The molecule has 0 aliphatic rings. The Morgan fingerprint density at radius 3 is 2.10 bits per heavy atom. The van der Waals surface area contributed by atoms with Gasteiger partial charge in [-0.05, 0) is 53.2 Å². The lowest BCUT2D eigenvalue weighted by atomic mass is 10.0. The molecular formula is C42H22N6. The minimum atomic E-state index is 0.580. The van der Waals surface area contributed by atoms with Crippen molar-refractivity contribution >= 4 is 87.4 Å². The van der Waals surface area contributed by atoms with Gasteiger partial charge in [0.25, 0.3) is 0 Å². The summed E-state index contributed by atoms with van der Waals surface area (Å²) in [5.41, 5.74) is 9.43. The maximum absolute atomic E-state index is 7.45. The Morgan fingerprint density at radius 1 is 0.562 bits per heavy atom. The second kappa shape index (κ2) is 9.12. The lowest BCUT2D eigenvalue weighted by molar-refractivity contribution is 1.01. The first-order chi connectivity index (χ1) is 23.8. The Hall–Kier alpha value is -6.84. The van der Waals surface area contributed by atoms with Gasteiger partial charge in [0.05, 0.1) is 39.7 Å². The molecule has 0 atom stereocenters. The van der Waals surface area contributed by atoms with Gasteiger partial charge in [-0.15, -0.1) is 0 Å². The maximum Gasteiger partial charge on any atom is 0.235 e. The summed E-state index contributed by atoms with van der Waals surface area (Å²) < 4.78 is 4.67. The lowest BCUT2D eigenvalue weighted by Crippen LogP contribution is -2.04. The fourth-order valence-corrected chi connectivity index (χ4v) is 7.86. The van der Waals surface area contributed by atoms with Crippen molar-refractivity contribution in [1.82, 2.24) is 23.9 Å². The van der Waals surface area contributed by atoms with Gasteiger partial charge in [-0.25, -0.2) is 14.8 Å². The number of nitrogens with zero attached hydrogens (tertiary/aromatic N) is 6. The molecule has 11 aromatic rings. The monoisotopic (exact) mass is 610 g/mol. The third kappa shape index (κ3) is 3.22. The van der Waals surface area contributed by atoms with E-state index in [1.54, 1.807) is 6.20 Å². The van der Waals surface area contributed by atoms with Crippen LogP contribution in [0.5, 0.6) is 0 Å². The highest BCUT2D eigenvalue weighted by Gasteiger charge is 2.25. The smallest absolute Gasteiger partial charge is 0.235 e. The molecule has 48 heavy (non-hydrogen) atoms. The topological polar surface area (TPSA) is 52.4 Å². The molecule has 6 nitrogen and oxygen atoms in total. The number of pyridine rings is 1. The number of hydrogen-bond acceptors (Lipinski definition) is 3. The third-order valence-electron chi connectivity index (χ3n) is 9.88. The second-order valence-electron chi connectivity index (χ2n) is 12.4. The van der Waals surface area contributed by atoms with E-state index in [-0.39, 0.29) is 0 Å². The van der Waals surface area contributed by atoms with Crippen LogP contribution in [0.3, 0.4) is 0 Å². The summed E-state index contributed by atoms with van der Waals surface area (Å²) in [7, 11) is 0. The highest BCUT2D eigenvalue weighted by molar-refractivity contribution is 6.36. The molecule has 0 aliphatic carbocycles. The van der Waals surface area contributed by atoms with Gasteiger partial charge >= 0.3 is 0 Å². The van der Waals surface area contributed by atoms with E-state index in [1.807, 2.05) is 36.4 Å². The van der Waals surface area contributed by atoms with Crippen molar-refractivity contribution < 1.29 is 0 Å². The normalized spacial score (nSPS) is 12.1. The highest BCUT2D eigenvalue weighted by Crippen LogP contribution is 2.47. The van der Waals surface area contributed by atoms with E-state index in [4.69, 9.17) is 21.5 Å². The predicted octanol–water partition coefficient (Wildman–Crippen LogP) is 10.6. The van der Waals surface area contributed by atoms with Crippen LogP contribution in [0.15, 0.2) is 134 Å². The van der Waals surface area contributed by atoms with Gasteiger partial charge in [-0.1, -0.05) is 84.9 Å². The Bertz CT molecular complexity index is 3180. The molecular weight excluding hydrogens is 589 g/mol. The zero-order valence-electron chi connectivity index (χ0n) is 25.4. The largest absolute Gasteiger partial charge is 0.308 e. The van der Waals surface area contributed by atoms with Crippen molar-refractivity contribution in [2.75, 3.05) is 0 Å². The van der Waals surface area contributed by atoms with Crippen LogP contribution in [-0.2, 0) is 0 Å². The summed E-state index contributed by atoms with van der Waals surface area (Å²) in [6.45, 7) is 7.45. The van der Waals surface area contributed by atoms with Crippen molar-refractivity contribution in [3.63, 3.8) is 0 Å². The molecule has 0 N–H and O–H groups in total. The van der Waals surface area contributed by atoms with E-state index in [0.29, 0.717) is 11.6 Å². The Kier molecular flexibility index (Phi) is 4.82. The van der Waals surface area contributed by atoms with Gasteiger partial charge in [-0.2, -0.15) is 0 Å². The van der Waals surface area contributed by atoms with Crippen molar-refractivity contribution in [1.29, 1.82) is 0 Å². The molecule has 0 aliphatic heterocycles. The average Bonchev–Trinajstić information content (AvgIpc) is 3.77. The van der Waals surface area contributed by atoms with Crippen LogP contribution in [0.2, 0.25) is 0 Å². The Morgan fingerprint density at radius 2 is 1.29 bits per heavy atom. The van der Waals surface area contributed by atoms with Crippen LogP contribution in [0.4, 0.5) is 5.69 Å². The van der Waals surface area contributed by atoms with E-state index in [2.05, 4.69) is 105 Å². The van der Waals surface area contributed by atoms with Crippen molar-refractivity contribution in [3.05, 3.63) is 145 Å². The third-order valence-corrected chi connectivity index (χ3v) is 9.88. The van der Waals surface area contributed by atoms with Gasteiger partial charge in [0.1, 0.15) is 11.2 Å². The lowest BCUT2D eigenvalue weighted by Gasteiger charge is -2.11. The number of rotatable bonds is 2. The molecule has 0 saturated heterocycles. The summed E-state index contributed by atoms with van der Waals surface area (Å²) in [5.74, 6) is 0.580. The molecule has 0 fully saturated rings. The highest BCUT2D eigenvalue weighted by atomic mass is 15.2. The SMILES string of the molecule is [C-]#[N+]c1ccc(-c2nc(-n3c4cc5ccccc5cc4c4c5c6ccccc6n6c7ccccc7c(cc43)c56)nc3cccnc23)cc1. The number of fused-ring (bicyclic) bond motifs is 12. The molecule has 6 aromatic carbocycles. The molecule has 0 amide bonds. The summed E-state index contributed by atoms with van der Waals surface area (Å²) in [4.78, 5) is 18.8. The van der Waals surface area contributed by atoms with Gasteiger partial charge < -0.3 is 4.40 Å². The molecule has 0 unspecified atom stereocenters. The van der Waals surface area contributed by atoms with Crippen LogP contribution in [-0.4, -0.2) is 23.9 Å². The van der Waals surface area contributed by atoms with E-state index in [9.17, 15) is 0 Å². The van der Waals surface area contributed by atoms with Crippen molar-refractivity contribution in [2.45, 2.75) is 0 Å². The molecule has 6 heteroatoms. The van der Waals surface area contributed by atoms with Crippen LogP contribution in [0.25, 0.3) is 104 Å². The zero-order chi connectivity index (χ0) is 31.5. The number of benzene rings is 6. The number of hydrogen-bond donors (Lipinski definition) is 0. The Labute approximate surface area is 272 Å². The second-order valence-corrected chi connectivity index (χ2v) is 12.4. The quantitative estimate of drug-likeness (QED) is 0.183. The van der Waals surface area contributed by atoms with Crippen LogP contribution in [0, 0.1) is 6.57 Å². The van der Waals surface area contributed by atoms with Crippen LogP contribution < -0.4 is 0 Å². The van der Waals surface area contributed by atoms with E-state index in [0.717, 1.165) is 44.1 Å². The molecule has 0 radical (unpaired) electrons. The van der Waals surface area contributed by atoms with E-state index in [1.165, 1.54) is 48.9 Å². The molecule has 11 rings (SSSR count). The van der Waals surface area contributed by atoms with Crippen molar-refractivity contribution in [3.8, 4) is 17.2 Å². The molecule has 0 spiro atoms. The molecule has 0 bridgehead atoms.